The lowest BCUT2D eigenvalue weighted by molar-refractivity contribution is 0.411. The van der Waals surface area contributed by atoms with Crippen LogP contribution < -0.4 is 10.3 Å². The van der Waals surface area contributed by atoms with Crippen LogP contribution in [0.25, 0.3) is 0 Å². The van der Waals surface area contributed by atoms with Crippen LogP contribution in [0, 0.1) is 12.7 Å². The van der Waals surface area contributed by atoms with E-state index in [2.05, 4.69) is 10.2 Å². The molecule has 0 amide bonds. The quantitative estimate of drug-likeness (QED) is 0.853. The van der Waals surface area contributed by atoms with Gasteiger partial charge in [0.25, 0.3) is 5.56 Å². The first kappa shape index (κ1) is 11.4. The van der Waals surface area contributed by atoms with Crippen LogP contribution in [0.1, 0.15) is 16.8 Å². The molecule has 0 unspecified atom stereocenters. The molecular formula is C12H13FN2O2. The molecule has 1 aromatic carbocycles. The van der Waals surface area contributed by atoms with Crippen LogP contribution in [0.5, 0.6) is 5.75 Å². The number of methoxy groups -OCH3 is 1. The maximum absolute atomic E-state index is 13.7. The monoisotopic (exact) mass is 236 g/mol. The normalized spacial score (nSPS) is 10.5. The van der Waals surface area contributed by atoms with Crippen molar-refractivity contribution in [1.82, 2.24) is 10.2 Å². The van der Waals surface area contributed by atoms with Gasteiger partial charge in [0.15, 0.2) is 0 Å². The van der Waals surface area contributed by atoms with E-state index in [0.29, 0.717) is 16.9 Å². The lowest BCUT2D eigenvalue weighted by Crippen LogP contribution is -2.07. The first-order chi connectivity index (χ1) is 8.11. The lowest BCUT2D eigenvalue weighted by atomic mass is 10.1. The summed E-state index contributed by atoms with van der Waals surface area (Å²) in [6.45, 7) is 1.77. The Kier molecular flexibility index (Phi) is 2.99. The molecule has 0 radical (unpaired) electrons. The predicted octanol–water partition coefficient (Wildman–Crippen LogP) is 1.75. The molecule has 90 valence electrons. The number of nitrogens with one attached hydrogen (secondary N) is 2. The van der Waals surface area contributed by atoms with Crippen LogP contribution in [0.2, 0.25) is 0 Å². The van der Waals surface area contributed by atoms with Gasteiger partial charge in [-0.15, -0.1) is 0 Å². The molecule has 17 heavy (non-hydrogen) atoms. The van der Waals surface area contributed by atoms with Crippen molar-refractivity contribution in [2.45, 2.75) is 13.3 Å². The van der Waals surface area contributed by atoms with E-state index >= 15 is 0 Å². The Bertz CT molecular complexity index is 586. The molecule has 0 spiro atoms. The second kappa shape index (κ2) is 4.45. The number of ether oxygens (including phenoxy) is 1. The van der Waals surface area contributed by atoms with Gasteiger partial charge in [0.2, 0.25) is 0 Å². The zero-order valence-corrected chi connectivity index (χ0v) is 9.63. The van der Waals surface area contributed by atoms with Crippen LogP contribution >= 0.6 is 0 Å². The van der Waals surface area contributed by atoms with Crippen molar-refractivity contribution in [1.29, 1.82) is 0 Å². The van der Waals surface area contributed by atoms with Crippen molar-refractivity contribution >= 4 is 0 Å². The number of hydrogen-bond donors (Lipinski definition) is 2. The summed E-state index contributed by atoms with van der Waals surface area (Å²) < 4.78 is 18.6. The van der Waals surface area contributed by atoms with Crippen LogP contribution in [-0.2, 0) is 6.42 Å². The highest BCUT2D eigenvalue weighted by Crippen LogP contribution is 2.18. The first-order valence-corrected chi connectivity index (χ1v) is 5.20. The van der Waals surface area contributed by atoms with Crippen molar-refractivity contribution in [3.63, 3.8) is 0 Å². The van der Waals surface area contributed by atoms with Gasteiger partial charge in [-0.2, -0.15) is 0 Å². The lowest BCUT2D eigenvalue weighted by Gasteiger charge is -2.04. The molecule has 2 N–H and O–H groups in total. The molecule has 4 nitrogen and oxygen atoms in total. The van der Waals surface area contributed by atoms with Crippen LogP contribution in [0.3, 0.4) is 0 Å². The fourth-order valence-electron chi connectivity index (χ4n) is 1.67. The van der Waals surface area contributed by atoms with Gasteiger partial charge < -0.3 is 9.84 Å². The van der Waals surface area contributed by atoms with Crippen molar-refractivity contribution in [3.05, 3.63) is 51.2 Å². The molecule has 0 aliphatic rings. The minimum atomic E-state index is -0.371. The van der Waals surface area contributed by atoms with Gasteiger partial charge in [0.05, 0.1) is 7.11 Å². The van der Waals surface area contributed by atoms with E-state index in [-0.39, 0.29) is 17.8 Å². The van der Waals surface area contributed by atoms with Gasteiger partial charge in [-0.3, -0.25) is 9.89 Å². The molecule has 2 aromatic rings. The van der Waals surface area contributed by atoms with E-state index in [1.54, 1.807) is 19.1 Å². The van der Waals surface area contributed by atoms with Gasteiger partial charge in [0.1, 0.15) is 11.6 Å². The molecule has 2 rings (SSSR count). The molecule has 1 aromatic heterocycles. The summed E-state index contributed by atoms with van der Waals surface area (Å²) >= 11 is 0. The van der Waals surface area contributed by atoms with Gasteiger partial charge >= 0.3 is 0 Å². The van der Waals surface area contributed by atoms with E-state index in [4.69, 9.17) is 4.74 Å². The summed E-state index contributed by atoms with van der Waals surface area (Å²) in [6.07, 6.45) is 0.264. The highest BCUT2D eigenvalue weighted by molar-refractivity contribution is 5.33. The summed E-state index contributed by atoms with van der Waals surface area (Å²) in [5.41, 5.74) is 1.54. The highest BCUT2D eigenvalue weighted by atomic mass is 19.1. The van der Waals surface area contributed by atoms with Crippen molar-refractivity contribution in [2.75, 3.05) is 7.11 Å². The standard InChI is InChI=1S/C12H13FN2O2/c1-7-10(12(16)15-14-7)5-8-3-4-9(17-2)6-11(8)13/h3-4,6H,5H2,1-2H3,(H2,14,15,16). The number of benzene rings is 1. The number of H-pyrrole nitrogens is 2. The van der Waals surface area contributed by atoms with Gasteiger partial charge in [-0.25, -0.2) is 4.39 Å². The predicted molar refractivity (Wildman–Crippen MR) is 61.9 cm³/mol. The molecule has 0 saturated carbocycles. The number of aromatic nitrogens is 2. The Morgan fingerprint density at radius 2 is 2.12 bits per heavy atom. The number of hydrogen-bond acceptors (Lipinski definition) is 2. The Hall–Kier alpha value is -2.04. The van der Waals surface area contributed by atoms with E-state index in [9.17, 15) is 9.18 Å². The Morgan fingerprint density at radius 3 is 2.65 bits per heavy atom. The fraction of sp³-hybridized carbons (Fsp3) is 0.250. The van der Waals surface area contributed by atoms with Crippen molar-refractivity contribution in [3.8, 4) is 5.75 Å². The molecule has 0 aliphatic heterocycles. The van der Waals surface area contributed by atoms with Gasteiger partial charge in [0, 0.05) is 23.7 Å². The fourth-order valence-corrected chi connectivity index (χ4v) is 1.67. The molecule has 0 saturated heterocycles. The Labute approximate surface area is 97.4 Å². The number of aryl methyl sites for hydroxylation is 1. The summed E-state index contributed by atoms with van der Waals surface area (Å²) in [5.74, 6) is 0.0929. The zero-order chi connectivity index (χ0) is 12.4. The summed E-state index contributed by atoms with van der Waals surface area (Å²) in [4.78, 5) is 11.4. The number of rotatable bonds is 3. The maximum Gasteiger partial charge on any atom is 0.267 e. The third-order valence-corrected chi connectivity index (χ3v) is 2.72. The topological polar surface area (TPSA) is 57.9 Å². The van der Waals surface area contributed by atoms with E-state index in [1.165, 1.54) is 13.2 Å². The highest BCUT2D eigenvalue weighted by Gasteiger charge is 2.10. The average Bonchev–Trinajstić information content (AvgIpc) is 2.63. The molecule has 1 heterocycles. The maximum atomic E-state index is 13.7. The van der Waals surface area contributed by atoms with Crippen LogP contribution in [-0.4, -0.2) is 17.3 Å². The first-order valence-electron chi connectivity index (χ1n) is 5.20. The Morgan fingerprint density at radius 1 is 1.35 bits per heavy atom. The molecule has 5 heteroatoms. The van der Waals surface area contributed by atoms with E-state index < -0.39 is 0 Å². The van der Waals surface area contributed by atoms with Crippen LogP contribution in [0.4, 0.5) is 4.39 Å². The molecule has 0 fully saturated rings. The zero-order valence-electron chi connectivity index (χ0n) is 9.63. The Balaban J connectivity index is 2.34. The van der Waals surface area contributed by atoms with Crippen molar-refractivity contribution in [2.24, 2.45) is 0 Å². The third kappa shape index (κ3) is 2.22. The minimum Gasteiger partial charge on any atom is -0.497 e. The number of aromatic amines is 2. The van der Waals surface area contributed by atoms with Gasteiger partial charge in [-0.05, 0) is 18.6 Å². The molecule has 0 aliphatic carbocycles. The largest absolute Gasteiger partial charge is 0.497 e. The molecular weight excluding hydrogens is 223 g/mol. The summed E-state index contributed by atoms with van der Waals surface area (Å²) in [6, 6.07) is 4.61. The minimum absolute atomic E-state index is 0.210. The SMILES string of the molecule is COc1ccc(Cc2c(C)[nH][nH]c2=O)c(F)c1. The van der Waals surface area contributed by atoms with Crippen molar-refractivity contribution < 1.29 is 9.13 Å². The summed E-state index contributed by atoms with van der Waals surface area (Å²) in [5, 5.41) is 5.19. The second-order valence-electron chi connectivity index (χ2n) is 3.82. The van der Waals surface area contributed by atoms with Crippen LogP contribution in [0.15, 0.2) is 23.0 Å². The third-order valence-electron chi connectivity index (χ3n) is 2.72. The summed E-state index contributed by atoms with van der Waals surface area (Å²) in [7, 11) is 1.48. The smallest absolute Gasteiger partial charge is 0.267 e. The molecule has 0 atom stereocenters. The molecule has 0 bridgehead atoms. The van der Waals surface area contributed by atoms with Gasteiger partial charge in [-0.1, -0.05) is 6.07 Å². The second-order valence-corrected chi connectivity index (χ2v) is 3.82. The number of halogens is 1. The van der Waals surface area contributed by atoms with E-state index in [1.807, 2.05) is 0 Å². The van der Waals surface area contributed by atoms with E-state index in [0.717, 1.165) is 5.69 Å². The average molecular weight is 236 g/mol.